The van der Waals surface area contributed by atoms with Crippen molar-refractivity contribution < 1.29 is 38.1 Å². The number of ether oxygens (including phenoxy) is 4. The van der Waals surface area contributed by atoms with Crippen LogP contribution in [0.4, 0.5) is 5.69 Å². The van der Waals surface area contributed by atoms with E-state index in [1.54, 1.807) is 46.6 Å². The number of fused-ring (bicyclic) bond motifs is 1. The van der Waals surface area contributed by atoms with Gasteiger partial charge in [-0.15, -0.1) is 16.4 Å². The van der Waals surface area contributed by atoms with Gasteiger partial charge in [0.05, 0.1) is 93.2 Å². The van der Waals surface area contributed by atoms with Gasteiger partial charge in [0.25, 0.3) is 0 Å². The molecule has 3 aromatic carbocycles. The van der Waals surface area contributed by atoms with Crippen LogP contribution in [0.1, 0.15) is 73.8 Å². The molecule has 0 saturated carbocycles. The maximum absolute atomic E-state index is 14.1. The molecule has 4 N–H and O–H groups in total. The van der Waals surface area contributed by atoms with Crippen molar-refractivity contribution in [2.24, 2.45) is 5.41 Å². The Bertz CT molecular complexity index is 3050. The van der Waals surface area contributed by atoms with Crippen LogP contribution in [0.3, 0.4) is 0 Å². The van der Waals surface area contributed by atoms with Gasteiger partial charge in [0.15, 0.2) is 0 Å². The van der Waals surface area contributed by atoms with E-state index in [1.807, 2.05) is 108 Å². The van der Waals surface area contributed by atoms with E-state index in [1.165, 1.54) is 4.90 Å². The lowest BCUT2D eigenvalue weighted by Gasteiger charge is -2.35. The number of likely N-dealkylation sites (tertiary alicyclic amines) is 1. The van der Waals surface area contributed by atoms with E-state index in [-0.39, 0.29) is 36.8 Å². The maximum atomic E-state index is 14.1. The number of rotatable bonds is 25. The average molecular weight is 1040 g/mol. The minimum absolute atomic E-state index is 0.0869. The fourth-order valence-electron chi connectivity index (χ4n) is 8.91. The summed E-state index contributed by atoms with van der Waals surface area (Å²) >= 11 is 1.59. The zero-order valence-electron chi connectivity index (χ0n) is 43.3. The van der Waals surface area contributed by atoms with Gasteiger partial charge in [0, 0.05) is 61.0 Å². The Morgan fingerprint density at radius 3 is 2.40 bits per heavy atom. The topological polar surface area (TPSA) is 230 Å². The van der Waals surface area contributed by atoms with Gasteiger partial charge in [-0.05, 0) is 78.8 Å². The molecule has 1 fully saturated rings. The molecule has 2 amide bonds. The molecule has 4 atom stereocenters. The van der Waals surface area contributed by atoms with Crippen LogP contribution in [-0.2, 0) is 43.3 Å². The lowest BCUT2D eigenvalue weighted by Crippen LogP contribution is -2.57. The van der Waals surface area contributed by atoms with Gasteiger partial charge in [-0.2, -0.15) is 0 Å². The SMILES string of the molecule is Cc1ncsc1-c1ccc([C@H](C)NC(=O)[C@@H]2C[C@@H](O)CN2C(=O)[C@@H](NCCOCCOCCOCCn2cc(CNc3cccc(Cc4c(C)c5ccc(Oc6ncccn6)cc5oc4=O)c3)nn2)C(C)(C)C)cc1. The number of benzene rings is 3. The highest BCUT2D eigenvalue weighted by atomic mass is 32.1. The minimum Gasteiger partial charge on any atom is -0.424 e. The highest BCUT2D eigenvalue weighted by Gasteiger charge is 2.44. The van der Waals surface area contributed by atoms with Crippen LogP contribution in [0.25, 0.3) is 21.4 Å². The summed E-state index contributed by atoms with van der Waals surface area (Å²) in [5.74, 6) is -0.0553. The van der Waals surface area contributed by atoms with Crippen molar-refractivity contribution in [2.45, 2.75) is 91.7 Å². The van der Waals surface area contributed by atoms with Gasteiger partial charge in [-0.1, -0.05) is 62.4 Å². The van der Waals surface area contributed by atoms with E-state index >= 15 is 0 Å². The first-order chi connectivity index (χ1) is 36.2. The summed E-state index contributed by atoms with van der Waals surface area (Å²) in [4.78, 5) is 56.0. The summed E-state index contributed by atoms with van der Waals surface area (Å²) in [5, 5.41) is 29.8. The third kappa shape index (κ3) is 14.7. The first-order valence-corrected chi connectivity index (χ1v) is 26.1. The van der Waals surface area contributed by atoms with Crippen LogP contribution in [-0.4, -0.2) is 123 Å². The van der Waals surface area contributed by atoms with E-state index in [4.69, 9.17) is 23.4 Å². The number of nitrogens with one attached hydrogen (secondary N) is 3. The van der Waals surface area contributed by atoms with Gasteiger partial charge in [-0.3, -0.25) is 9.59 Å². The van der Waals surface area contributed by atoms with Crippen molar-refractivity contribution in [1.82, 2.24) is 45.5 Å². The average Bonchev–Trinajstić information content (AvgIpc) is 4.15. The summed E-state index contributed by atoms with van der Waals surface area (Å²) < 4.78 is 30.5. The molecule has 396 valence electrons. The molecule has 0 radical (unpaired) electrons. The molecule has 0 unspecified atom stereocenters. The lowest BCUT2D eigenvalue weighted by atomic mass is 9.85. The summed E-state index contributed by atoms with van der Waals surface area (Å²) in [6, 6.07) is 21.5. The number of aliphatic hydroxyl groups is 1. The van der Waals surface area contributed by atoms with Crippen LogP contribution >= 0.6 is 11.3 Å². The third-order valence-corrected chi connectivity index (χ3v) is 13.9. The Morgan fingerprint density at radius 1 is 0.920 bits per heavy atom. The molecule has 4 aromatic heterocycles. The molecular weight excluding hydrogens is 977 g/mol. The molecule has 1 aliphatic rings. The van der Waals surface area contributed by atoms with E-state index in [2.05, 4.69) is 41.2 Å². The van der Waals surface area contributed by atoms with Crippen molar-refractivity contribution in [2.75, 3.05) is 58.0 Å². The number of nitrogens with zero attached hydrogens (tertiary/aromatic N) is 7. The third-order valence-electron chi connectivity index (χ3n) is 12.9. The fraction of sp³-hybridized carbons (Fsp3) is 0.418. The predicted molar refractivity (Wildman–Crippen MR) is 285 cm³/mol. The number of thiazole rings is 1. The van der Waals surface area contributed by atoms with E-state index in [0.717, 1.165) is 49.6 Å². The number of aryl methyl sites for hydroxylation is 2. The molecule has 5 heterocycles. The monoisotopic (exact) mass is 1040 g/mol. The molecular formula is C55H66N10O9S. The largest absolute Gasteiger partial charge is 0.424 e. The van der Waals surface area contributed by atoms with Gasteiger partial charge in [-0.25, -0.2) is 24.4 Å². The quantitative estimate of drug-likeness (QED) is 0.0341. The number of aromatic nitrogens is 6. The number of aliphatic hydroxyl groups excluding tert-OH is 1. The van der Waals surface area contributed by atoms with Crippen molar-refractivity contribution in [1.29, 1.82) is 0 Å². The number of amides is 2. The van der Waals surface area contributed by atoms with Gasteiger partial charge in [0.2, 0.25) is 11.8 Å². The predicted octanol–water partition coefficient (Wildman–Crippen LogP) is 6.80. The summed E-state index contributed by atoms with van der Waals surface area (Å²) in [6.45, 7) is 15.6. The number of β-amino-alcohol motifs (C(OH)–C–C–N with tert-alkyl or cyclic N) is 1. The first-order valence-electron chi connectivity index (χ1n) is 25.2. The first kappa shape index (κ1) is 54.3. The van der Waals surface area contributed by atoms with E-state index < -0.39 is 29.2 Å². The Kier molecular flexibility index (Phi) is 18.5. The van der Waals surface area contributed by atoms with Crippen molar-refractivity contribution in [3.63, 3.8) is 0 Å². The number of hydrogen-bond donors (Lipinski definition) is 4. The fourth-order valence-corrected chi connectivity index (χ4v) is 9.72. The van der Waals surface area contributed by atoms with E-state index in [9.17, 15) is 19.5 Å². The zero-order chi connectivity index (χ0) is 52.9. The molecule has 8 rings (SSSR count). The molecule has 0 bridgehead atoms. The Balaban J connectivity index is 0.690. The zero-order valence-corrected chi connectivity index (χ0v) is 44.1. The van der Waals surface area contributed by atoms with Gasteiger partial charge < -0.3 is 49.3 Å². The second kappa shape index (κ2) is 25.5. The van der Waals surface area contributed by atoms with Crippen molar-refractivity contribution >= 4 is 39.8 Å². The Labute approximate surface area is 440 Å². The van der Waals surface area contributed by atoms with Crippen LogP contribution in [0.5, 0.6) is 11.8 Å². The Morgan fingerprint density at radius 2 is 1.67 bits per heavy atom. The lowest BCUT2D eigenvalue weighted by molar-refractivity contribution is -0.142. The molecule has 20 heteroatoms. The molecule has 0 spiro atoms. The van der Waals surface area contributed by atoms with Gasteiger partial charge in [0.1, 0.15) is 23.1 Å². The molecule has 19 nitrogen and oxygen atoms in total. The molecule has 75 heavy (non-hydrogen) atoms. The summed E-state index contributed by atoms with van der Waals surface area (Å²) in [7, 11) is 0. The standard InChI is InChI=1S/C55H66N10O9S/c1-35-45-16-15-44(73-54-57-17-8-18-58-54)30-48(45)74-53(69)46(35)28-38-9-7-10-41(27-38)59-31-42-32-64(63-62-42)20-22-71-24-26-72-25-23-70-21-19-56-50(55(4,5)6)52(68)65-33-43(66)29-47(65)51(67)61-36(2)39-11-13-40(14-12-39)49-37(3)60-34-75-49/h7-18,27,30,32,34,36,43,47,50,56,59,66H,19-26,28-29,31,33H2,1-6H3,(H,61,67)/t36-,43+,47-,50+/m0/s1. The number of carbonyl (C=O) groups excluding carboxylic acids is 2. The van der Waals surface area contributed by atoms with Crippen LogP contribution in [0, 0.1) is 19.3 Å². The maximum Gasteiger partial charge on any atom is 0.340 e. The van der Waals surface area contributed by atoms with Crippen molar-refractivity contribution in [3.05, 3.63) is 141 Å². The highest BCUT2D eigenvalue weighted by Crippen LogP contribution is 2.31. The summed E-state index contributed by atoms with van der Waals surface area (Å²) in [5.41, 5.74) is 8.39. The number of anilines is 1. The van der Waals surface area contributed by atoms with Crippen molar-refractivity contribution in [3.8, 4) is 22.2 Å². The smallest absolute Gasteiger partial charge is 0.340 e. The minimum atomic E-state index is -0.797. The van der Waals surface area contributed by atoms with Crippen LogP contribution in [0.15, 0.2) is 106 Å². The number of carbonyl (C=O) groups is 2. The molecule has 7 aromatic rings. The number of hydrogen-bond acceptors (Lipinski definition) is 17. The second-order valence-electron chi connectivity index (χ2n) is 19.6. The highest BCUT2D eigenvalue weighted by molar-refractivity contribution is 7.13. The second-order valence-corrected chi connectivity index (χ2v) is 20.4. The van der Waals surface area contributed by atoms with E-state index in [0.29, 0.717) is 82.6 Å². The normalized spacial score (nSPS) is 15.5. The Hall–Kier alpha value is -6.94. The molecule has 0 aliphatic carbocycles. The molecule has 1 saturated heterocycles. The summed E-state index contributed by atoms with van der Waals surface area (Å²) in [6.07, 6.45) is 4.83. The molecule has 1 aliphatic heterocycles. The van der Waals surface area contributed by atoms with Crippen LogP contribution in [0.2, 0.25) is 0 Å². The van der Waals surface area contributed by atoms with Gasteiger partial charge >= 0.3 is 11.6 Å². The van der Waals surface area contributed by atoms with Crippen LogP contribution < -0.4 is 26.3 Å².